The number of aryl methyl sites for hydroxylation is 1. The average molecular weight is 699 g/mol. The van der Waals surface area contributed by atoms with E-state index in [0.717, 1.165) is 23.8 Å². The third-order valence-corrected chi connectivity index (χ3v) is 10.8. The zero-order chi connectivity index (χ0) is 34.7. The number of likely N-dealkylation sites (tertiary alicyclic amines) is 1. The largest absolute Gasteiger partial charge is 0.573 e. The number of fused-ring (bicyclic) bond motifs is 1. The summed E-state index contributed by atoms with van der Waals surface area (Å²) >= 11 is 6.50. The van der Waals surface area contributed by atoms with E-state index in [1.807, 2.05) is 0 Å². The van der Waals surface area contributed by atoms with Crippen LogP contribution in [0.15, 0.2) is 59.5 Å². The molecule has 2 amide bonds. The maximum absolute atomic E-state index is 15.4. The van der Waals surface area contributed by atoms with Gasteiger partial charge in [-0.05, 0) is 55.0 Å². The number of ether oxygens (including phenoxy) is 3. The van der Waals surface area contributed by atoms with Crippen molar-refractivity contribution in [1.82, 2.24) is 5.32 Å². The lowest BCUT2D eigenvalue weighted by Crippen LogP contribution is -2.69. The first-order valence-corrected chi connectivity index (χ1v) is 16.0. The Morgan fingerprint density at radius 1 is 1.06 bits per heavy atom. The van der Waals surface area contributed by atoms with Crippen LogP contribution >= 0.6 is 11.6 Å². The molecule has 47 heavy (non-hydrogen) atoms. The van der Waals surface area contributed by atoms with Crippen molar-refractivity contribution in [3.8, 4) is 17.2 Å². The van der Waals surface area contributed by atoms with E-state index in [0.29, 0.717) is 4.31 Å². The molecule has 2 N–H and O–H groups in total. The van der Waals surface area contributed by atoms with Crippen LogP contribution < -0.4 is 23.8 Å². The van der Waals surface area contributed by atoms with Gasteiger partial charge in [0.25, 0.3) is 15.9 Å². The van der Waals surface area contributed by atoms with Gasteiger partial charge in [-0.25, -0.2) is 8.42 Å². The average Bonchev–Trinajstić information content (AvgIpc) is 3.46. The van der Waals surface area contributed by atoms with Crippen LogP contribution in [0.1, 0.15) is 23.1 Å². The number of alkyl halides is 3. The standard InChI is InChI=1S/C31H31ClF3N3O8S/c1-17-6-9-21(25(12-17)45-5)30(38(3)16-19(39)14-24(38)28(40)36-2)22-13-18(32)7-10-23(22)37(29(30)41)47(42,43)27-11-8-20(44-4)15-26(27)46-31(33,34)35/h6-13,15,19,24,39H,14,16H2,1-5H3/p+1/t19-,24+,30?,38?/m1/s1. The number of carbonyl (C=O) groups excluding carboxylic acids is 2. The number of hydrogen-bond acceptors (Lipinski definition) is 8. The van der Waals surface area contributed by atoms with Gasteiger partial charge in [-0.15, -0.1) is 13.2 Å². The highest BCUT2D eigenvalue weighted by Gasteiger charge is 2.72. The lowest BCUT2D eigenvalue weighted by Gasteiger charge is -2.48. The second kappa shape index (κ2) is 11.9. The molecule has 2 unspecified atom stereocenters. The molecular weight excluding hydrogens is 667 g/mol. The van der Waals surface area contributed by atoms with E-state index in [1.54, 1.807) is 32.2 Å². The number of hydrogen-bond donors (Lipinski definition) is 2. The Morgan fingerprint density at radius 3 is 2.38 bits per heavy atom. The van der Waals surface area contributed by atoms with Gasteiger partial charge < -0.3 is 24.6 Å². The van der Waals surface area contributed by atoms with Crippen LogP contribution in [0.3, 0.4) is 0 Å². The molecule has 16 heteroatoms. The Bertz CT molecular complexity index is 1870. The van der Waals surface area contributed by atoms with Gasteiger partial charge in [0.1, 0.15) is 29.0 Å². The van der Waals surface area contributed by atoms with Crippen LogP contribution in [0.4, 0.5) is 18.9 Å². The molecular formula is C31H32ClF3N3O8S+. The summed E-state index contributed by atoms with van der Waals surface area (Å²) in [5, 5.41) is 13.7. The lowest BCUT2D eigenvalue weighted by atomic mass is 9.78. The number of aliphatic hydroxyl groups excluding tert-OH is 1. The number of benzene rings is 3. The summed E-state index contributed by atoms with van der Waals surface area (Å²) in [5.74, 6) is -2.80. The molecule has 252 valence electrons. The lowest BCUT2D eigenvalue weighted by molar-refractivity contribution is -0.953. The zero-order valence-corrected chi connectivity index (χ0v) is 27.5. The summed E-state index contributed by atoms with van der Waals surface area (Å²) in [6.07, 6.45) is -6.50. The van der Waals surface area contributed by atoms with Crippen molar-refractivity contribution in [3.63, 3.8) is 0 Å². The smallest absolute Gasteiger partial charge is 0.497 e. The van der Waals surface area contributed by atoms with Gasteiger partial charge in [0, 0.05) is 24.6 Å². The van der Waals surface area contributed by atoms with Crippen LogP contribution in [-0.2, 0) is 25.2 Å². The second-order valence-corrected chi connectivity index (χ2v) is 13.7. The monoisotopic (exact) mass is 698 g/mol. The van der Waals surface area contributed by atoms with Gasteiger partial charge in [-0.1, -0.05) is 17.7 Å². The number of sulfonamides is 1. The van der Waals surface area contributed by atoms with E-state index in [-0.39, 0.29) is 46.3 Å². The van der Waals surface area contributed by atoms with Crippen LogP contribution in [-0.4, -0.2) is 83.2 Å². The first kappa shape index (κ1) is 34.3. The fourth-order valence-electron chi connectivity index (χ4n) is 6.88. The van der Waals surface area contributed by atoms with Crippen molar-refractivity contribution in [3.05, 3.63) is 76.3 Å². The Morgan fingerprint density at radius 2 is 1.77 bits per heavy atom. The van der Waals surface area contributed by atoms with Crippen molar-refractivity contribution in [2.45, 2.75) is 42.3 Å². The van der Waals surface area contributed by atoms with E-state index in [9.17, 15) is 31.5 Å². The molecule has 0 radical (unpaired) electrons. The molecule has 0 aliphatic carbocycles. The minimum Gasteiger partial charge on any atom is -0.497 e. The van der Waals surface area contributed by atoms with Gasteiger partial charge in [0.2, 0.25) is 5.54 Å². The number of carbonyl (C=O) groups is 2. The molecule has 0 saturated carbocycles. The number of nitrogens with zero attached hydrogens (tertiary/aromatic N) is 2. The topological polar surface area (TPSA) is 131 Å². The number of methoxy groups -OCH3 is 2. The van der Waals surface area contributed by atoms with Gasteiger partial charge >= 0.3 is 12.3 Å². The Labute approximate surface area is 274 Å². The first-order valence-electron chi connectivity index (χ1n) is 14.2. The molecule has 0 spiro atoms. The SMILES string of the molecule is CNC(=O)[C@@H]1C[C@@H](O)C[N+]1(C)C1(c2ccc(C)cc2OC)C(=O)N(S(=O)(=O)c2ccc(OC)cc2OC(F)(F)F)c2ccc(Cl)cc21. The van der Waals surface area contributed by atoms with Crippen LogP contribution in [0, 0.1) is 6.92 Å². The number of halogens is 4. The van der Waals surface area contributed by atoms with Gasteiger partial charge in [-0.2, -0.15) is 4.31 Å². The minimum atomic E-state index is -5.30. The Hall–Kier alpha value is -4.05. The number of likely N-dealkylation sites (N-methyl/N-ethyl adjacent to an activating group) is 2. The Balaban J connectivity index is 1.90. The van der Waals surface area contributed by atoms with E-state index < -0.39 is 61.0 Å². The third kappa shape index (κ3) is 5.34. The van der Waals surface area contributed by atoms with E-state index in [2.05, 4.69) is 10.1 Å². The number of anilines is 1. The number of rotatable bonds is 8. The van der Waals surface area contributed by atoms with E-state index in [4.69, 9.17) is 21.1 Å². The summed E-state index contributed by atoms with van der Waals surface area (Å²) in [6.45, 7) is 1.57. The van der Waals surface area contributed by atoms with Gasteiger partial charge in [0.15, 0.2) is 11.8 Å². The van der Waals surface area contributed by atoms with Crippen molar-refractivity contribution in [1.29, 1.82) is 0 Å². The van der Waals surface area contributed by atoms with E-state index in [1.165, 1.54) is 39.5 Å². The van der Waals surface area contributed by atoms with Crippen molar-refractivity contribution in [2.75, 3.05) is 39.2 Å². The van der Waals surface area contributed by atoms with Gasteiger partial charge in [-0.3, -0.25) is 14.1 Å². The molecule has 0 bridgehead atoms. The van der Waals surface area contributed by atoms with Crippen LogP contribution in [0.25, 0.3) is 0 Å². The summed E-state index contributed by atoms with van der Waals surface area (Å²) in [7, 11) is 0.240. The highest BCUT2D eigenvalue weighted by atomic mass is 35.5. The first-order chi connectivity index (χ1) is 22.0. The van der Waals surface area contributed by atoms with Crippen molar-refractivity contribution in [2.24, 2.45) is 0 Å². The van der Waals surface area contributed by atoms with Crippen LogP contribution in [0.2, 0.25) is 5.02 Å². The molecule has 11 nitrogen and oxygen atoms in total. The molecule has 5 rings (SSSR count). The molecule has 3 aromatic rings. The summed E-state index contributed by atoms with van der Waals surface area (Å²) in [6, 6.07) is 10.4. The molecule has 3 aromatic carbocycles. The zero-order valence-electron chi connectivity index (χ0n) is 25.9. The summed E-state index contributed by atoms with van der Waals surface area (Å²) in [5.41, 5.74) is -1.48. The highest BCUT2D eigenvalue weighted by molar-refractivity contribution is 7.93. The number of aliphatic hydroxyl groups is 1. The number of nitrogens with one attached hydrogen (secondary N) is 1. The summed E-state index contributed by atoms with van der Waals surface area (Å²) < 4.78 is 84.5. The Kier molecular flexibility index (Phi) is 8.67. The predicted molar refractivity (Wildman–Crippen MR) is 164 cm³/mol. The quantitative estimate of drug-likeness (QED) is 0.339. The number of quaternary nitrogens is 1. The normalized spacial score (nSPS) is 24.2. The van der Waals surface area contributed by atoms with Crippen molar-refractivity contribution >= 4 is 39.1 Å². The maximum Gasteiger partial charge on any atom is 0.573 e. The molecule has 2 aliphatic rings. The molecule has 2 aliphatic heterocycles. The van der Waals surface area contributed by atoms with Crippen molar-refractivity contribution < 1.29 is 55.0 Å². The molecule has 1 saturated heterocycles. The predicted octanol–water partition coefficient (Wildman–Crippen LogP) is 3.87. The van der Waals surface area contributed by atoms with E-state index >= 15 is 4.79 Å². The molecule has 0 aromatic heterocycles. The van der Waals surface area contributed by atoms with Crippen LogP contribution in [0.5, 0.6) is 17.2 Å². The van der Waals surface area contributed by atoms with Gasteiger partial charge in [0.05, 0.1) is 38.1 Å². The fourth-order valence-corrected chi connectivity index (χ4v) is 8.61. The third-order valence-electron chi connectivity index (χ3n) is 8.79. The molecule has 1 fully saturated rings. The fraction of sp³-hybridized carbons (Fsp3) is 0.355. The minimum absolute atomic E-state index is 0.0260. The maximum atomic E-state index is 15.4. The molecule has 4 atom stereocenters. The highest BCUT2D eigenvalue weighted by Crippen LogP contribution is 2.58. The number of amides is 2. The summed E-state index contributed by atoms with van der Waals surface area (Å²) in [4.78, 5) is 27.9. The second-order valence-electron chi connectivity index (χ2n) is 11.5. The molecule has 2 heterocycles.